The van der Waals surface area contributed by atoms with Crippen molar-refractivity contribution >= 4 is 34.7 Å². The van der Waals surface area contributed by atoms with Crippen LogP contribution in [0, 0.1) is 0 Å². The Morgan fingerprint density at radius 2 is 2.21 bits per heavy atom. The molecule has 1 aliphatic rings. The van der Waals surface area contributed by atoms with Gasteiger partial charge in [0.25, 0.3) is 0 Å². The third-order valence-electron chi connectivity index (χ3n) is 3.84. The first kappa shape index (κ1) is 14.6. The number of pyridine rings is 1. The quantitative estimate of drug-likeness (QED) is 0.817. The summed E-state index contributed by atoms with van der Waals surface area (Å²) in [7, 11) is 0. The molecule has 0 radical (unpaired) electrons. The van der Waals surface area contributed by atoms with Crippen LogP contribution in [0.1, 0.15) is 37.8 Å². The van der Waals surface area contributed by atoms with E-state index in [1.54, 1.807) is 6.20 Å². The molecule has 0 atom stereocenters. The van der Waals surface area contributed by atoms with E-state index in [1.807, 2.05) is 23.9 Å². The molecular weight excluding hydrogens is 274 g/mol. The Morgan fingerprint density at radius 3 is 2.84 bits per heavy atom. The van der Waals surface area contributed by atoms with E-state index in [-0.39, 0.29) is 0 Å². The first-order valence-corrected chi connectivity index (χ1v) is 8.34. The molecule has 1 aromatic heterocycles. The normalized spacial score (nSPS) is 17.9. The van der Waals surface area contributed by atoms with Gasteiger partial charge in [0.15, 0.2) is 0 Å². The van der Waals surface area contributed by atoms with Crippen LogP contribution < -0.4 is 11.1 Å². The average molecular weight is 295 g/mol. The molecule has 5 heteroatoms. The van der Waals surface area contributed by atoms with Crippen LogP contribution in [0.3, 0.4) is 0 Å². The third-order valence-corrected chi connectivity index (χ3v) is 5.45. The molecule has 0 unspecified atom stereocenters. The first-order valence-electron chi connectivity index (χ1n) is 6.71. The number of hydrogen-bond donors (Lipinski definition) is 2. The number of nitrogens with zero attached hydrogens (tertiary/aromatic N) is 1. The Bertz CT molecular complexity index is 442. The second-order valence-electron chi connectivity index (χ2n) is 5.07. The topological polar surface area (TPSA) is 50.9 Å². The second kappa shape index (κ2) is 6.57. The Labute approximate surface area is 124 Å². The predicted molar refractivity (Wildman–Crippen MR) is 87.9 cm³/mol. The van der Waals surface area contributed by atoms with Crippen molar-refractivity contribution in [3.05, 3.63) is 24.0 Å². The fourth-order valence-electron chi connectivity index (χ4n) is 2.65. The zero-order valence-corrected chi connectivity index (χ0v) is 12.9. The number of thiocarbonyl (C=S) groups is 1. The Kier molecular flexibility index (Phi) is 5.05. The van der Waals surface area contributed by atoms with E-state index in [4.69, 9.17) is 18.0 Å². The van der Waals surface area contributed by atoms with Crippen LogP contribution in [0.4, 0.5) is 5.69 Å². The van der Waals surface area contributed by atoms with Crippen LogP contribution in [0.25, 0.3) is 0 Å². The standard InChI is InChI=1S/C14H21N3S2/c1-19-14(7-3-2-4-8-14)10-17-11-6-5-9-16-12(11)13(15)18/h5-6,9,17H,2-4,7-8,10H2,1H3,(H2,15,18). The molecule has 19 heavy (non-hydrogen) atoms. The van der Waals surface area contributed by atoms with Gasteiger partial charge in [-0.15, -0.1) is 0 Å². The van der Waals surface area contributed by atoms with E-state index in [1.165, 1.54) is 32.1 Å². The second-order valence-corrected chi connectivity index (χ2v) is 6.78. The Balaban J connectivity index is 2.07. The van der Waals surface area contributed by atoms with Crippen LogP contribution in [0.2, 0.25) is 0 Å². The van der Waals surface area contributed by atoms with Gasteiger partial charge in [-0.2, -0.15) is 11.8 Å². The molecule has 0 aliphatic heterocycles. The smallest absolute Gasteiger partial charge is 0.124 e. The highest BCUT2D eigenvalue weighted by molar-refractivity contribution is 8.00. The summed E-state index contributed by atoms with van der Waals surface area (Å²) >= 11 is 7.03. The Hall–Kier alpha value is -0.810. The number of aromatic nitrogens is 1. The van der Waals surface area contributed by atoms with Gasteiger partial charge in [-0.05, 0) is 31.2 Å². The van der Waals surface area contributed by atoms with E-state index < -0.39 is 0 Å². The molecule has 0 spiro atoms. The molecule has 1 fully saturated rings. The zero-order chi connectivity index (χ0) is 13.7. The largest absolute Gasteiger partial charge is 0.388 e. The van der Waals surface area contributed by atoms with Gasteiger partial charge >= 0.3 is 0 Å². The summed E-state index contributed by atoms with van der Waals surface area (Å²) in [5.41, 5.74) is 7.36. The molecule has 3 N–H and O–H groups in total. The molecule has 3 nitrogen and oxygen atoms in total. The van der Waals surface area contributed by atoms with Gasteiger partial charge in [0.1, 0.15) is 10.7 Å². The summed E-state index contributed by atoms with van der Waals surface area (Å²) in [5, 5.41) is 3.51. The highest BCUT2D eigenvalue weighted by atomic mass is 32.2. The van der Waals surface area contributed by atoms with Gasteiger partial charge < -0.3 is 11.1 Å². The van der Waals surface area contributed by atoms with Crippen LogP contribution in [-0.4, -0.2) is 27.5 Å². The molecular formula is C14H21N3S2. The summed E-state index contributed by atoms with van der Waals surface area (Å²) in [6.45, 7) is 0.954. The summed E-state index contributed by atoms with van der Waals surface area (Å²) in [6, 6.07) is 3.91. The molecule has 0 saturated heterocycles. The summed E-state index contributed by atoms with van der Waals surface area (Å²) in [5.74, 6) is 0. The molecule has 104 valence electrons. The molecule has 2 rings (SSSR count). The van der Waals surface area contributed by atoms with Crippen LogP contribution in [0.5, 0.6) is 0 Å². The fraction of sp³-hybridized carbons (Fsp3) is 0.571. The van der Waals surface area contributed by atoms with Gasteiger partial charge in [0.2, 0.25) is 0 Å². The molecule has 1 aromatic rings. The third kappa shape index (κ3) is 3.60. The molecule has 1 aliphatic carbocycles. The van der Waals surface area contributed by atoms with Crippen molar-refractivity contribution < 1.29 is 0 Å². The molecule has 0 amide bonds. The average Bonchev–Trinajstić information content (AvgIpc) is 2.46. The monoisotopic (exact) mass is 295 g/mol. The lowest BCUT2D eigenvalue weighted by Gasteiger charge is -2.36. The molecule has 1 saturated carbocycles. The van der Waals surface area contributed by atoms with E-state index in [9.17, 15) is 0 Å². The van der Waals surface area contributed by atoms with E-state index in [0.717, 1.165) is 12.2 Å². The van der Waals surface area contributed by atoms with Gasteiger partial charge in [-0.3, -0.25) is 4.98 Å². The zero-order valence-electron chi connectivity index (χ0n) is 11.3. The SMILES string of the molecule is CSC1(CNc2cccnc2C(N)=S)CCCCC1. The summed E-state index contributed by atoms with van der Waals surface area (Å²) in [6.07, 6.45) is 10.5. The predicted octanol–water partition coefficient (Wildman–Crippen LogP) is 3.19. The number of rotatable bonds is 5. The number of nitrogens with one attached hydrogen (secondary N) is 1. The number of thioether (sulfide) groups is 1. The van der Waals surface area contributed by atoms with Gasteiger partial charge in [-0.1, -0.05) is 31.5 Å². The van der Waals surface area contributed by atoms with Gasteiger partial charge in [0.05, 0.1) is 5.69 Å². The van der Waals surface area contributed by atoms with Crippen LogP contribution >= 0.6 is 24.0 Å². The minimum Gasteiger partial charge on any atom is -0.388 e. The lowest BCUT2D eigenvalue weighted by atomic mass is 9.88. The van der Waals surface area contributed by atoms with Crippen molar-refractivity contribution in [3.8, 4) is 0 Å². The van der Waals surface area contributed by atoms with Crippen molar-refractivity contribution in [1.82, 2.24) is 4.98 Å². The Morgan fingerprint density at radius 1 is 1.47 bits per heavy atom. The lowest BCUT2D eigenvalue weighted by molar-refractivity contribution is 0.411. The van der Waals surface area contributed by atoms with E-state index >= 15 is 0 Å². The minimum atomic E-state index is 0.349. The first-order chi connectivity index (χ1) is 9.17. The van der Waals surface area contributed by atoms with Crippen molar-refractivity contribution in [2.24, 2.45) is 5.73 Å². The van der Waals surface area contributed by atoms with Crippen molar-refractivity contribution in [3.63, 3.8) is 0 Å². The highest BCUT2D eigenvalue weighted by Crippen LogP contribution is 2.38. The van der Waals surface area contributed by atoms with Gasteiger partial charge in [0, 0.05) is 17.5 Å². The van der Waals surface area contributed by atoms with Crippen molar-refractivity contribution in [1.29, 1.82) is 0 Å². The van der Waals surface area contributed by atoms with Crippen molar-refractivity contribution in [2.75, 3.05) is 18.1 Å². The minimum absolute atomic E-state index is 0.349. The lowest BCUT2D eigenvalue weighted by Crippen LogP contribution is -2.36. The summed E-state index contributed by atoms with van der Waals surface area (Å²) in [4.78, 5) is 4.61. The number of hydrogen-bond acceptors (Lipinski definition) is 4. The van der Waals surface area contributed by atoms with Gasteiger partial charge in [-0.25, -0.2) is 0 Å². The molecule has 0 bridgehead atoms. The number of nitrogens with two attached hydrogens (primary N) is 1. The fourth-order valence-corrected chi connectivity index (χ4v) is 3.73. The maximum absolute atomic E-state index is 5.71. The molecule has 0 aromatic carbocycles. The van der Waals surface area contributed by atoms with E-state index in [2.05, 4.69) is 16.6 Å². The van der Waals surface area contributed by atoms with E-state index in [0.29, 0.717) is 15.4 Å². The maximum atomic E-state index is 5.71. The van der Waals surface area contributed by atoms with Crippen molar-refractivity contribution in [2.45, 2.75) is 36.9 Å². The highest BCUT2D eigenvalue weighted by Gasteiger charge is 2.31. The van der Waals surface area contributed by atoms with Crippen LogP contribution in [-0.2, 0) is 0 Å². The summed E-state index contributed by atoms with van der Waals surface area (Å²) < 4.78 is 0.349. The number of anilines is 1. The molecule has 1 heterocycles. The van der Waals surface area contributed by atoms with Crippen LogP contribution in [0.15, 0.2) is 18.3 Å². The maximum Gasteiger partial charge on any atom is 0.124 e.